The van der Waals surface area contributed by atoms with Gasteiger partial charge in [-0.1, -0.05) is 30.3 Å². The number of nitrogens with one attached hydrogen (secondary N) is 1. The minimum absolute atomic E-state index is 0. The van der Waals surface area contributed by atoms with Crippen LogP contribution in [0.4, 0.5) is 4.39 Å². The molecule has 5 nitrogen and oxygen atoms in total. The summed E-state index contributed by atoms with van der Waals surface area (Å²) in [6, 6.07) is 16.3. The molecule has 0 unspecified atom stereocenters. The fourth-order valence-corrected chi connectivity index (χ4v) is 2.64. The van der Waals surface area contributed by atoms with Gasteiger partial charge in [0.15, 0.2) is 5.96 Å². The van der Waals surface area contributed by atoms with Crippen LogP contribution >= 0.6 is 24.0 Å². The molecule has 0 amide bonds. The Bertz CT molecular complexity index is 882. The molecule has 3 rings (SSSR count). The van der Waals surface area contributed by atoms with Crippen molar-refractivity contribution in [2.45, 2.75) is 13.1 Å². The molecule has 0 aliphatic heterocycles. The average Bonchev–Trinajstić information content (AvgIpc) is 3.12. The van der Waals surface area contributed by atoms with Crippen LogP contribution in [0.2, 0.25) is 0 Å². The molecule has 0 saturated carbocycles. The topological polar surface area (TPSA) is 53.7 Å². The van der Waals surface area contributed by atoms with Gasteiger partial charge < -0.3 is 14.6 Å². The average molecular weight is 480 g/mol. The van der Waals surface area contributed by atoms with Crippen molar-refractivity contribution in [3.63, 3.8) is 0 Å². The molecule has 0 aliphatic rings. The smallest absolute Gasteiger partial charge is 0.226 e. The Morgan fingerprint density at radius 2 is 1.96 bits per heavy atom. The minimum Gasteiger partial charge on any atom is -0.444 e. The van der Waals surface area contributed by atoms with Gasteiger partial charge in [0, 0.05) is 26.2 Å². The van der Waals surface area contributed by atoms with Crippen molar-refractivity contribution in [3.8, 4) is 11.5 Å². The van der Waals surface area contributed by atoms with Crippen molar-refractivity contribution in [1.29, 1.82) is 0 Å². The summed E-state index contributed by atoms with van der Waals surface area (Å²) in [5.41, 5.74) is 2.60. The van der Waals surface area contributed by atoms with E-state index in [-0.39, 0.29) is 29.8 Å². The second-order valence-electron chi connectivity index (χ2n) is 5.90. The number of hydrogen-bond acceptors (Lipinski definition) is 3. The van der Waals surface area contributed by atoms with Crippen LogP contribution < -0.4 is 5.32 Å². The van der Waals surface area contributed by atoms with E-state index >= 15 is 0 Å². The molecule has 1 aromatic heterocycles. The molecule has 27 heavy (non-hydrogen) atoms. The summed E-state index contributed by atoms with van der Waals surface area (Å²) in [5.74, 6) is 1.04. The SMILES string of the molecule is CN=C(NCc1coc(-c2ccccc2)n1)N(C)Cc1cccc(F)c1.I. The van der Waals surface area contributed by atoms with E-state index < -0.39 is 0 Å². The molecule has 142 valence electrons. The third-order valence-electron chi connectivity index (χ3n) is 3.88. The normalized spacial score (nSPS) is 11.0. The number of guanidine groups is 1. The van der Waals surface area contributed by atoms with Crippen molar-refractivity contribution in [2.24, 2.45) is 4.99 Å². The van der Waals surface area contributed by atoms with Gasteiger partial charge in [-0.2, -0.15) is 0 Å². The van der Waals surface area contributed by atoms with Gasteiger partial charge in [0.25, 0.3) is 0 Å². The zero-order valence-corrected chi connectivity index (χ0v) is 17.6. The van der Waals surface area contributed by atoms with Gasteiger partial charge in [0.1, 0.15) is 12.1 Å². The molecule has 0 spiro atoms. The summed E-state index contributed by atoms with van der Waals surface area (Å²) < 4.78 is 18.9. The molecule has 0 radical (unpaired) electrons. The van der Waals surface area contributed by atoms with Gasteiger partial charge in [0.2, 0.25) is 5.89 Å². The highest BCUT2D eigenvalue weighted by molar-refractivity contribution is 14.0. The molecule has 7 heteroatoms. The lowest BCUT2D eigenvalue weighted by Crippen LogP contribution is -2.38. The first kappa shape index (κ1) is 20.9. The number of halogens is 2. The molecule has 1 heterocycles. The lowest BCUT2D eigenvalue weighted by molar-refractivity contribution is 0.474. The predicted octanol–water partition coefficient (Wildman–Crippen LogP) is 4.31. The third kappa shape index (κ3) is 5.78. The van der Waals surface area contributed by atoms with Gasteiger partial charge in [-0.3, -0.25) is 4.99 Å². The van der Waals surface area contributed by atoms with E-state index in [4.69, 9.17) is 4.42 Å². The molecule has 0 saturated heterocycles. The summed E-state index contributed by atoms with van der Waals surface area (Å²) >= 11 is 0. The number of aromatic nitrogens is 1. The number of oxazole rings is 1. The van der Waals surface area contributed by atoms with Crippen LogP contribution in [0.5, 0.6) is 0 Å². The quantitative estimate of drug-likeness (QED) is 0.336. The number of nitrogens with zero attached hydrogens (tertiary/aromatic N) is 3. The Labute approximate surface area is 175 Å². The van der Waals surface area contributed by atoms with E-state index in [0.29, 0.717) is 24.9 Å². The Kier molecular flexibility index (Phi) is 7.78. The molecule has 0 fully saturated rings. The standard InChI is InChI=1S/C20H21FN4O.HI/c1-22-20(25(2)13-15-7-6-10-17(21)11-15)23-12-18-14-26-19(24-18)16-8-4-3-5-9-16;/h3-11,14H,12-13H2,1-2H3,(H,22,23);1H. The van der Waals surface area contributed by atoms with E-state index in [1.807, 2.05) is 48.3 Å². The lowest BCUT2D eigenvalue weighted by Gasteiger charge is -2.21. The molecular formula is C20H22FIN4O. The number of benzene rings is 2. The summed E-state index contributed by atoms with van der Waals surface area (Å²) in [7, 11) is 3.61. The summed E-state index contributed by atoms with van der Waals surface area (Å²) in [6.07, 6.45) is 1.63. The Morgan fingerprint density at radius 3 is 2.67 bits per heavy atom. The van der Waals surface area contributed by atoms with Crippen molar-refractivity contribution < 1.29 is 8.81 Å². The van der Waals surface area contributed by atoms with E-state index in [1.54, 1.807) is 19.4 Å². The van der Waals surface area contributed by atoms with E-state index in [9.17, 15) is 4.39 Å². The number of rotatable bonds is 5. The Morgan fingerprint density at radius 1 is 1.19 bits per heavy atom. The van der Waals surface area contributed by atoms with E-state index in [1.165, 1.54) is 12.1 Å². The maximum atomic E-state index is 13.3. The minimum atomic E-state index is -0.241. The molecule has 0 atom stereocenters. The fourth-order valence-electron chi connectivity index (χ4n) is 2.64. The van der Waals surface area contributed by atoms with E-state index in [2.05, 4.69) is 15.3 Å². The maximum absolute atomic E-state index is 13.3. The van der Waals surface area contributed by atoms with Gasteiger partial charge in [0.05, 0.1) is 12.2 Å². The van der Waals surface area contributed by atoms with Crippen LogP contribution in [-0.4, -0.2) is 29.9 Å². The van der Waals surface area contributed by atoms with Crippen LogP contribution in [-0.2, 0) is 13.1 Å². The highest BCUT2D eigenvalue weighted by Crippen LogP contribution is 2.17. The largest absolute Gasteiger partial charge is 0.444 e. The van der Waals surface area contributed by atoms with Gasteiger partial charge >= 0.3 is 0 Å². The number of hydrogen-bond donors (Lipinski definition) is 1. The second kappa shape index (κ2) is 10.1. The van der Waals surface area contributed by atoms with Crippen LogP contribution in [0.15, 0.2) is 70.3 Å². The molecule has 2 aromatic carbocycles. The summed E-state index contributed by atoms with van der Waals surface area (Å²) in [5, 5.41) is 3.24. The number of aliphatic imine (C=N–C) groups is 1. The first-order valence-corrected chi connectivity index (χ1v) is 8.32. The fraction of sp³-hybridized carbons (Fsp3) is 0.200. The predicted molar refractivity (Wildman–Crippen MR) is 115 cm³/mol. The van der Waals surface area contributed by atoms with Crippen molar-refractivity contribution in [1.82, 2.24) is 15.2 Å². The van der Waals surface area contributed by atoms with Crippen LogP contribution in [0.1, 0.15) is 11.3 Å². The van der Waals surface area contributed by atoms with Gasteiger partial charge in [-0.05, 0) is 29.8 Å². The first-order chi connectivity index (χ1) is 12.7. The summed E-state index contributed by atoms with van der Waals surface area (Å²) in [6.45, 7) is 1.03. The third-order valence-corrected chi connectivity index (χ3v) is 3.88. The van der Waals surface area contributed by atoms with Crippen LogP contribution in [0.25, 0.3) is 11.5 Å². The van der Waals surface area contributed by atoms with Crippen LogP contribution in [0.3, 0.4) is 0 Å². The summed E-state index contributed by atoms with van der Waals surface area (Å²) in [4.78, 5) is 10.7. The Hall–Kier alpha value is -2.42. The maximum Gasteiger partial charge on any atom is 0.226 e. The van der Waals surface area contributed by atoms with Crippen molar-refractivity contribution in [3.05, 3.63) is 77.9 Å². The van der Waals surface area contributed by atoms with Gasteiger partial charge in [-0.25, -0.2) is 9.37 Å². The Balaban J connectivity index is 0.00000261. The molecule has 3 aromatic rings. The molecule has 0 aliphatic carbocycles. The molecular weight excluding hydrogens is 458 g/mol. The molecule has 1 N–H and O–H groups in total. The van der Waals surface area contributed by atoms with Crippen molar-refractivity contribution >= 4 is 29.9 Å². The van der Waals surface area contributed by atoms with E-state index in [0.717, 1.165) is 16.8 Å². The highest BCUT2D eigenvalue weighted by atomic mass is 127. The lowest BCUT2D eigenvalue weighted by atomic mass is 10.2. The highest BCUT2D eigenvalue weighted by Gasteiger charge is 2.10. The van der Waals surface area contributed by atoms with Crippen LogP contribution in [0, 0.1) is 5.82 Å². The van der Waals surface area contributed by atoms with Gasteiger partial charge in [-0.15, -0.1) is 24.0 Å². The zero-order chi connectivity index (χ0) is 18.4. The molecule has 0 bridgehead atoms. The first-order valence-electron chi connectivity index (χ1n) is 8.32. The van der Waals surface area contributed by atoms with Crippen molar-refractivity contribution in [2.75, 3.05) is 14.1 Å². The monoisotopic (exact) mass is 480 g/mol. The zero-order valence-electron chi connectivity index (χ0n) is 15.2. The second-order valence-corrected chi connectivity index (χ2v) is 5.90.